The first-order valence-corrected chi connectivity index (χ1v) is 25.2. The number of hydrogen-bond acceptors (Lipinski definition) is 8. The molecule has 8 nitrogen and oxygen atoms in total. The zero-order valence-electron chi connectivity index (χ0n) is 28.8. The molecule has 42 heavy (non-hydrogen) atoms. The molecular weight excluding hydrogens is 620 g/mol. The number of rotatable bonds is 9. The van der Waals surface area contributed by atoms with E-state index in [-0.39, 0.29) is 27.3 Å². The highest BCUT2D eigenvalue weighted by Crippen LogP contribution is 2.47. The van der Waals surface area contributed by atoms with Gasteiger partial charge in [-0.1, -0.05) is 85.7 Å². The van der Waals surface area contributed by atoms with Gasteiger partial charge in [-0.2, -0.15) is 0 Å². The van der Waals surface area contributed by atoms with Crippen LogP contribution in [0.1, 0.15) is 68.5 Å². The second kappa shape index (κ2) is 12.1. The molecule has 0 N–H and O–H groups in total. The molecule has 13 heteroatoms. The molecule has 2 aromatic rings. The first-order valence-electron chi connectivity index (χ1n) is 14.9. The van der Waals surface area contributed by atoms with Gasteiger partial charge >= 0.3 is 0 Å². The van der Waals surface area contributed by atoms with Crippen LogP contribution >= 0.6 is 23.4 Å². The number of thioether (sulfide) groups is 1. The van der Waals surface area contributed by atoms with Gasteiger partial charge in [-0.15, -0.1) is 0 Å². The van der Waals surface area contributed by atoms with Gasteiger partial charge in [-0.25, -0.2) is 15.0 Å². The molecule has 0 saturated carbocycles. The molecule has 2 aromatic heterocycles. The number of nitrogens with zero attached hydrogens (tertiary/aromatic N) is 4. The number of fused-ring (bicyclic) bond motifs is 1. The van der Waals surface area contributed by atoms with Crippen molar-refractivity contribution >= 4 is 59.5 Å². The fourth-order valence-electron chi connectivity index (χ4n) is 4.09. The number of hydrogen-bond donors (Lipinski definition) is 0. The minimum Gasteiger partial charge on any atom is -0.414 e. The molecule has 0 aromatic carbocycles. The predicted molar refractivity (Wildman–Crippen MR) is 183 cm³/mol. The summed E-state index contributed by atoms with van der Waals surface area (Å²) in [6.45, 7) is 34.5. The largest absolute Gasteiger partial charge is 0.414 e. The molecule has 0 aliphatic carbocycles. The van der Waals surface area contributed by atoms with Crippen molar-refractivity contribution in [3.63, 3.8) is 0 Å². The lowest BCUT2D eigenvalue weighted by atomic mass is 10.1. The second-order valence-electron chi connectivity index (χ2n) is 16.1. The fraction of sp³-hybridized carbons (Fsp3) is 0.828. The van der Waals surface area contributed by atoms with Crippen molar-refractivity contribution in [1.29, 1.82) is 0 Å². The Labute approximate surface area is 266 Å². The van der Waals surface area contributed by atoms with Crippen LogP contribution in [0.5, 0.6) is 0 Å². The van der Waals surface area contributed by atoms with Crippen molar-refractivity contribution in [3.8, 4) is 0 Å². The highest BCUT2D eigenvalue weighted by atomic mass is 35.5. The molecule has 1 saturated heterocycles. The molecule has 3 rings (SSSR count). The van der Waals surface area contributed by atoms with Crippen molar-refractivity contribution in [2.75, 3.05) is 12.9 Å². The minimum atomic E-state index is -2.29. The molecule has 0 bridgehead atoms. The number of ether oxygens (including phenoxy) is 1. The van der Waals surface area contributed by atoms with Crippen molar-refractivity contribution in [1.82, 2.24) is 19.5 Å². The average Bonchev–Trinajstić information content (AvgIpc) is 3.34. The summed E-state index contributed by atoms with van der Waals surface area (Å²) in [4.78, 5) is 13.6. The van der Waals surface area contributed by atoms with Gasteiger partial charge in [0.1, 0.15) is 30.2 Å². The standard InChI is InChI=1S/C29H55ClN4O4SSi3/c1-27(2,3)40(11,12)35-17-19-21(37-41(13,14)28(4,5)6)22(38-42(15,16)29(7,8)9)25(36-19)34-24-20(33-26(34)39-10)23(30)31-18-32-24/h18-19,21-22,25H,17H2,1-16H3/t19-,21-,22-,25-/m1/s1. The van der Waals surface area contributed by atoms with Gasteiger partial charge in [-0.05, 0) is 60.7 Å². The Bertz CT molecular complexity index is 1250. The quantitative estimate of drug-likeness (QED) is 0.148. The second-order valence-corrected chi connectivity index (χ2v) is 31.6. The Hall–Kier alpha value is -0.319. The minimum absolute atomic E-state index is 0.00430. The summed E-state index contributed by atoms with van der Waals surface area (Å²) in [7, 11) is -6.61. The van der Waals surface area contributed by atoms with Crippen molar-refractivity contribution < 1.29 is 18.0 Å². The number of halogens is 1. The average molecular weight is 676 g/mol. The van der Waals surface area contributed by atoms with Gasteiger partial charge in [0, 0.05) is 0 Å². The van der Waals surface area contributed by atoms with Crippen LogP contribution in [0.4, 0.5) is 0 Å². The third-order valence-corrected chi connectivity index (χ3v) is 24.4. The lowest BCUT2D eigenvalue weighted by Gasteiger charge is -2.44. The molecular formula is C29H55ClN4O4SSi3. The van der Waals surface area contributed by atoms with Crippen LogP contribution in [0, 0.1) is 0 Å². The van der Waals surface area contributed by atoms with E-state index in [1.807, 2.05) is 10.8 Å². The van der Waals surface area contributed by atoms with Gasteiger partial charge in [-0.3, -0.25) is 4.57 Å². The maximum atomic E-state index is 7.31. The summed E-state index contributed by atoms with van der Waals surface area (Å²) in [6.07, 6.45) is 1.88. The van der Waals surface area contributed by atoms with E-state index in [1.165, 1.54) is 18.1 Å². The maximum absolute atomic E-state index is 7.31. The first kappa shape index (κ1) is 36.2. The lowest BCUT2D eigenvalue weighted by molar-refractivity contribution is -0.0508. The molecule has 1 fully saturated rings. The van der Waals surface area contributed by atoms with Gasteiger partial charge in [0.25, 0.3) is 0 Å². The van der Waals surface area contributed by atoms with Crippen molar-refractivity contribution in [2.24, 2.45) is 0 Å². The van der Waals surface area contributed by atoms with E-state index < -0.39 is 37.3 Å². The molecule has 240 valence electrons. The third-order valence-electron chi connectivity index (χ3n) is 10.0. The topological polar surface area (TPSA) is 80.5 Å². The molecule has 1 aliphatic heterocycles. The Morgan fingerprint density at radius 3 is 1.81 bits per heavy atom. The molecule has 4 atom stereocenters. The summed E-state index contributed by atoms with van der Waals surface area (Å²) >= 11 is 8.04. The maximum Gasteiger partial charge on any atom is 0.192 e. The molecule has 0 amide bonds. The van der Waals surface area contributed by atoms with Crippen LogP contribution < -0.4 is 0 Å². The molecule has 0 unspecified atom stereocenters. The van der Waals surface area contributed by atoms with E-state index >= 15 is 0 Å². The van der Waals surface area contributed by atoms with E-state index in [1.54, 1.807) is 0 Å². The summed E-state index contributed by atoms with van der Waals surface area (Å²) in [5, 5.41) is 1.13. The van der Waals surface area contributed by atoms with Crippen molar-refractivity contribution in [2.45, 2.75) is 146 Å². The summed E-state index contributed by atoms with van der Waals surface area (Å²) in [5.74, 6) is 0. The normalized spacial score (nSPS) is 23.3. The Balaban J connectivity index is 2.23. The SMILES string of the molecule is CSc1nc2c(Cl)ncnc2n1[C@@H]1O[C@H](CO[Si](C)(C)C(C)(C)C)[C@@H](O[Si](C)(C)C(C)(C)C)[C@H]1O[Si](C)(C)C(C)(C)C. The van der Waals surface area contributed by atoms with E-state index in [0.29, 0.717) is 22.9 Å². The van der Waals surface area contributed by atoms with Gasteiger partial charge < -0.3 is 18.0 Å². The van der Waals surface area contributed by atoms with Crippen LogP contribution in [-0.2, 0) is 18.0 Å². The van der Waals surface area contributed by atoms with E-state index in [2.05, 4.69) is 112 Å². The van der Waals surface area contributed by atoms with Crippen LogP contribution in [0.15, 0.2) is 11.5 Å². The van der Waals surface area contributed by atoms with Gasteiger partial charge in [0.05, 0.1) is 6.61 Å². The Morgan fingerprint density at radius 2 is 1.33 bits per heavy atom. The predicted octanol–water partition coefficient (Wildman–Crippen LogP) is 8.90. The summed E-state index contributed by atoms with van der Waals surface area (Å²) in [5.41, 5.74) is 1.19. The Morgan fingerprint density at radius 1 is 0.833 bits per heavy atom. The molecule has 0 radical (unpaired) electrons. The smallest absolute Gasteiger partial charge is 0.192 e. The van der Waals surface area contributed by atoms with Crippen molar-refractivity contribution in [3.05, 3.63) is 11.5 Å². The number of aromatic nitrogens is 4. The van der Waals surface area contributed by atoms with Crippen LogP contribution in [-0.4, -0.2) is 75.6 Å². The molecule has 1 aliphatic rings. The Kier molecular flexibility index (Phi) is 10.4. The fourth-order valence-corrected chi connectivity index (χ4v) is 8.45. The highest BCUT2D eigenvalue weighted by molar-refractivity contribution is 7.98. The zero-order valence-corrected chi connectivity index (χ0v) is 33.4. The van der Waals surface area contributed by atoms with Gasteiger partial charge in [0.2, 0.25) is 0 Å². The van der Waals surface area contributed by atoms with E-state index in [4.69, 9.17) is 34.6 Å². The molecule has 3 heterocycles. The monoisotopic (exact) mass is 674 g/mol. The van der Waals surface area contributed by atoms with Gasteiger partial charge in [0.15, 0.2) is 47.1 Å². The van der Waals surface area contributed by atoms with Crippen LogP contribution in [0.25, 0.3) is 11.2 Å². The highest BCUT2D eigenvalue weighted by Gasteiger charge is 2.55. The molecule has 0 spiro atoms. The van der Waals surface area contributed by atoms with E-state index in [0.717, 1.165) is 5.16 Å². The summed E-state index contributed by atoms with van der Waals surface area (Å²) in [6, 6.07) is 0. The lowest BCUT2D eigenvalue weighted by Crippen LogP contribution is -2.54. The summed E-state index contributed by atoms with van der Waals surface area (Å²) < 4.78 is 30.5. The first-order chi connectivity index (χ1) is 18.8. The zero-order chi connectivity index (χ0) is 32.3. The van der Waals surface area contributed by atoms with Crippen LogP contribution in [0.3, 0.4) is 0 Å². The number of imidazole rings is 1. The van der Waals surface area contributed by atoms with E-state index in [9.17, 15) is 0 Å². The third kappa shape index (κ3) is 7.22. The van der Waals surface area contributed by atoms with Crippen LogP contribution in [0.2, 0.25) is 59.5 Å².